The van der Waals surface area contributed by atoms with Gasteiger partial charge < -0.3 is 4.42 Å². The van der Waals surface area contributed by atoms with Gasteiger partial charge in [-0.15, -0.1) is 0 Å². The van der Waals surface area contributed by atoms with Crippen LogP contribution in [0.1, 0.15) is 5.56 Å². The van der Waals surface area contributed by atoms with Crippen LogP contribution in [0.2, 0.25) is 0 Å². The van der Waals surface area contributed by atoms with E-state index in [1.807, 2.05) is 31.2 Å². The van der Waals surface area contributed by atoms with Crippen LogP contribution in [0.5, 0.6) is 0 Å². The van der Waals surface area contributed by atoms with Crippen molar-refractivity contribution in [2.75, 3.05) is 0 Å². The number of sulfone groups is 1. The lowest BCUT2D eigenvalue weighted by molar-refractivity contribution is 0.566. The quantitative estimate of drug-likeness (QED) is 0.743. The van der Waals surface area contributed by atoms with Crippen LogP contribution < -0.4 is 0 Å². The Morgan fingerprint density at radius 2 is 1.76 bits per heavy atom. The molecular formula is C16H13NO3S. The smallest absolute Gasteiger partial charge is 0.227 e. The van der Waals surface area contributed by atoms with Crippen LogP contribution >= 0.6 is 0 Å². The number of hydrogen-bond acceptors (Lipinski definition) is 4. The van der Waals surface area contributed by atoms with Crippen molar-refractivity contribution in [3.63, 3.8) is 0 Å². The maximum absolute atomic E-state index is 12.4. The van der Waals surface area contributed by atoms with E-state index in [4.69, 9.17) is 4.42 Å². The molecule has 0 aliphatic carbocycles. The van der Waals surface area contributed by atoms with Crippen LogP contribution in [0.25, 0.3) is 11.5 Å². The van der Waals surface area contributed by atoms with E-state index in [1.165, 1.54) is 18.4 Å². The highest BCUT2D eigenvalue weighted by molar-refractivity contribution is 7.91. The van der Waals surface area contributed by atoms with Gasteiger partial charge >= 0.3 is 0 Å². The van der Waals surface area contributed by atoms with Gasteiger partial charge in [-0.1, -0.05) is 35.9 Å². The van der Waals surface area contributed by atoms with Crippen LogP contribution in [0.3, 0.4) is 0 Å². The van der Waals surface area contributed by atoms with Gasteiger partial charge in [-0.05, 0) is 31.2 Å². The fraction of sp³-hybridized carbons (Fsp3) is 0.0625. The second kappa shape index (κ2) is 5.18. The Morgan fingerprint density at radius 3 is 2.48 bits per heavy atom. The molecule has 3 aromatic rings. The van der Waals surface area contributed by atoms with Crippen LogP contribution in [-0.2, 0) is 9.84 Å². The van der Waals surface area contributed by atoms with Crippen LogP contribution in [0.4, 0.5) is 0 Å². The van der Waals surface area contributed by atoms with Gasteiger partial charge in [0.15, 0.2) is 5.03 Å². The Bertz CT molecular complexity index is 867. The largest absolute Gasteiger partial charge is 0.443 e. The van der Waals surface area contributed by atoms with Crippen molar-refractivity contribution in [2.45, 2.75) is 16.8 Å². The zero-order chi connectivity index (χ0) is 14.9. The molecule has 4 nitrogen and oxygen atoms in total. The summed E-state index contributed by atoms with van der Waals surface area (Å²) in [5.74, 6) is 0.299. The second-order valence-corrected chi connectivity index (χ2v) is 6.57. The third-order valence-corrected chi connectivity index (χ3v) is 4.71. The number of nitrogens with zero attached hydrogens (tertiary/aromatic N) is 1. The molecule has 2 aromatic carbocycles. The molecule has 3 rings (SSSR count). The molecule has 0 saturated carbocycles. The van der Waals surface area contributed by atoms with E-state index in [0.717, 1.165) is 11.1 Å². The SMILES string of the molecule is Cc1cccc(-c2nc(S(=O)(=O)c3ccccc3)co2)c1. The molecule has 0 fully saturated rings. The Labute approximate surface area is 123 Å². The van der Waals surface area contributed by atoms with Crippen LogP contribution in [-0.4, -0.2) is 13.4 Å². The van der Waals surface area contributed by atoms with Gasteiger partial charge in [-0.25, -0.2) is 8.42 Å². The van der Waals surface area contributed by atoms with Crippen molar-refractivity contribution in [2.24, 2.45) is 0 Å². The fourth-order valence-electron chi connectivity index (χ4n) is 2.01. The average Bonchev–Trinajstić information content (AvgIpc) is 2.99. The van der Waals surface area contributed by atoms with Crippen molar-refractivity contribution >= 4 is 9.84 Å². The van der Waals surface area contributed by atoms with Crippen LogP contribution in [0.15, 0.2) is 75.2 Å². The van der Waals surface area contributed by atoms with E-state index in [1.54, 1.807) is 18.2 Å². The number of aromatic nitrogens is 1. The predicted octanol–water partition coefficient (Wildman–Crippen LogP) is 3.48. The van der Waals surface area contributed by atoms with E-state index in [2.05, 4.69) is 4.98 Å². The summed E-state index contributed by atoms with van der Waals surface area (Å²) >= 11 is 0. The standard InChI is InChI=1S/C16H13NO3S/c1-12-6-5-7-13(10-12)16-17-15(11-20-16)21(18,19)14-8-3-2-4-9-14/h2-11H,1H3. The first kappa shape index (κ1) is 13.6. The van der Waals surface area contributed by atoms with Gasteiger partial charge in [0.2, 0.25) is 15.7 Å². The van der Waals surface area contributed by atoms with E-state index < -0.39 is 9.84 Å². The molecule has 106 valence electrons. The second-order valence-electron chi connectivity index (χ2n) is 4.68. The lowest BCUT2D eigenvalue weighted by atomic mass is 10.1. The zero-order valence-corrected chi connectivity index (χ0v) is 12.2. The summed E-state index contributed by atoms with van der Waals surface area (Å²) in [7, 11) is -3.64. The van der Waals surface area contributed by atoms with E-state index in [-0.39, 0.29) is 9.92 Å². The molecule has 0 saturated heterocycles. The van der Waals surface area contributed by atoms with Gasteiger partial charge in [0.1, 0.15) is 6.26 Å². The molecule has 0 radical (unpaired) electrons. The van der Waals surface area contributed by atoms with E-state index in [9.17, 15) is 8.42 Å². The molecule has 0 aliphatic heterocycles. The van der Waals surface area contributed by atoms with Gasteiger partial charge in [-0.2, -0.15) is 4.98 Å². The Morgan fingerprint density at radius 1 is 1.00 bits per heavy atom. The van der Waals surface area contributed by atoms with Crippen molar-refractivity contribution in [3.05, 3.63) is 66.4 Å². The van der Waals surface area contributed by atoms with Gasteiger partial charge in [0.05, 0.1) is 4.90 Å². The third-order valence-electron chi connectivity index (χ3n) is 3.08. The minimum absolute atomic E-state index is 0.0785. The molecule has 0 amide bonds. The normalized spacial score (nSPS) is 11.5. The molecule has 1 heterocycles. The highest BCUT2D eigenvalue weighted by atomic mass is 32.2. The number of aryl methyl sites for hydroxylation is 1. The van der Waals surface area contributed by atoms with E-state index >= 15 is 0 Å². The monoisotopic (exact) mass is 299 g/mol. The summed E-state index contributed by atoms with van der Waals surface area (Å²) in [6, 6.07) is 15.7. The Hall–Kier alpha value is -2.40. The molecule has 0 bridgehead atoms. The number of benzene rings is 2. The molecule has 0 unspecified atom stereocenters. The summed E-state index contributed by atoms with van der Waals surface area (Å²) in [6.45, 7) is 1.95. The van der Waals surface area contributed by atoms with E-state index in [0.29, 0.717) is 5.89 Å². The third kappa shape index (κ3) is 2.60. The molecular weight excluding hydrogens is 286 g/mol. The minimum Gasteiger partial charge on any atom is -0.443 e. The van der Waals surface area contributed by atoms with Crippen molar-refractivity contribution in [1.82, 2.24) is 4.98 Å². The summed E-state index contributed by atoms with van der Waals surface area (Å²) < 4.78 is 30.2. The zero-order valence-electron chi connectivity index (χ0n) is 11.4. The molecule has 0 N–H and O–H groups in total. The predicted molar refractivity (Wildman–Crippen MR) is 78.6 cm³/mol. The Kier molecular flexibility index (Phi) is 3.35. The molecule has 21 heavy (non-hydrogen) atoms. The minimum atomic E-state index is -3.64. The van der Waals surface area contributed by atoms with Crippen molar-refractivity contribution in [1.29, 1.82) is 0 Å². The topological polar surface area (TPSA) is 60.2 Å². The molecule has 0 spiro atoms. The first-order chi connectivity index (χ1) is 10.1. The molecule has 0 atom stereocenters. The number of hydrogen-bond donors (Lipinski definition) is 0. The Balaban J connectivity index is 2.03. The lowest BCUT2D eigenvalue weighted by Gasteiger charge is -1.99. The lowest BCUT2D eigenvalue weighted by Crippen LogP contribution is -2.02. The fourth-order valence-corrected chi connectivity index (χ4v) is 3.15. The maximum Gasteiger partial charge on any atom is 0.227 e. The highest BCUT2D eigenvalue weighted by Gasteiger charge is 2.22. The average molecular weight is 299 g/mol. The molecule has 0 aliphatic rings. The number of rotatable bonds is 3. The molecule has 5 heteroatoms. The summed E-state index contributed by atoms with van der Waals surface area (Å²) in [6.07, 6.45) is 1.18. The summed E-state index contributed by atoms with van der Waals surface area (Å²) in [4.78, 5) is 4.32. The van der Waals surface area contributed by atoms with Gasteiger partial charge in [-0.3, -0.25) is 0 Å². The van der Waals surface area contributed by atoms with Gasteiger partial charge in [0, 0.05) is 5.56 Å². The van der Waals surface area contributed by atoms with Crippen LogP contribution in [0, 0.1) is 6.92 Å². The first-order valence-electron chi connectivity index (χ1n) is 6.40. The summed E-state index contributed by atoms with van der Waals surface area (Å²) in [5, 5.41) is -0.0785. The highest BCUT2D eigenvalue weighted by Crippen LogP contribution is 2.25. The number of oxazole rings is 1. The molecule has 1 aromatic heterocycles. The first-order valence-corrected chi connectivity index (χ1v) is 7.88. The van der Waals surface area contributed by atoms with Crippen molar-refractivity contribution < 1.29 is 12.8 Å². The van der Waals surface area contributed by atoms with Crippen molar-refractivity contribution in [3.8, 4) is 11.5 Å². The summed E-state index contributed by atoms with van der Waals surface area (Å²) in [5.41, 5.74) is 1.81. The maximum atomic E-state index is 12.4. The van der Waals surface area contributed by atoms with Gasteiger partial charge in [0.25, 0.3) is 0 Å².